The summed E-state index contributed by atoms with van der Waals surface area (Å²) in [6.45, 7) is 0. The zero-order valence-electron chi connectivity index (χ0n) is 5.54. The SMILES string of the molecule is O=Cc1cc(C2BC2)cs1. The number of carbonyl (C=O) groups is 1. The van der Waals surface area contributed by atoms with E-state index in [1.165, 1.54) is 19.2 Å². The van der Waals surface area contributed by atoms with Crippen LogP contribution in [0.5, 0.6) is 0 Å². The predicted octanol–water partition coefficient (Wildman–Crippen LogP) is 1.47. The van der Waals surface area contributed by atoms with Gasteiger partial charge < -0.3 is 0 Å². The van der Waals surface area contributed by atoms with Crippen LogP contribution in [0.15, 0.2) is 11.4 Å². The first-order chi connectivity index (χ1) is 4.90. The summed E-state index contributed by atoms with van der Waals surface area (Å²) in [5.74, 6) is 0.782. The fraction of sp³-hybridized carbons (Fsp3) is 0.286. The van der Waals surface area contributed by atoms with E-state index in [1.54, 1.807) is 11.3 Å². The molecule has 2 heterocycles. The van der Waals surface area contributed by atoms with Crippen molar-refractivity contribution >= 4 is 24.9 Å². The Morgan fingerprint density at radius 1 is 1.80 bits per heavy atom. The largest absolute Gasteiger partial charge is 0.297 e. The summed E-state index contributed by atoms with van der Waals surface area (Å²) in [6, 6.07) is 2.01. The van der Waals surface area contributed by atoms with E-state index < -0.39 is 0 Å². The van der Waals surface area contributed by atoms with Gasteiger partial charge in [-0.05, 0) is 22.8 Å². The molecule has 1 aromatic rings. The fourth-order valence-electron chi connectivity index (χ4n) is 1.06. The van der Waals surface area contributed by atoms with Gasteiger partial charge in [-0.25, -0.2) is 0 Å². The molecule has 3 heteroatoms. The maximum absolute atomic E-state index is 10.3. The summed E-state index contributed by atoms with van der Waals surface area (Å²) >= 11 is 1.55. The molecule has 1 nitrogen and oxygen atoms in total. The van der Waals surface area contributed by atoms with Crippen LogP contribution < -0.4 is 0 Å². The molecule has 1 saturated heterocycles. The average Bonchev–Trinajstić information content (AvgIpc) is 2.70. The first-order valence-electron chi connectivity index (χ1n) is 3.44. The Kier molecular flexibility index (Phi) is 1.38. The molecule has 0 aliphatic carbocycles. The van der Waals surface area contributed by atoms with Gasteiger partial charge in [-0.3, -0.25) is 4.79 Å². The topological polar surface area (TPSA) is 17.1 Å². The first-order valence-corrected chi connectivity index (χ1v) is 4.32. The predicted molar refractivity (Wildman–Crippen MR) is 44.4 cm³/mol. The highest BCUT2D eigenvalue weighted by molar-refractivity contribution is 7.11. The Balaban J connectivity index is 2.26. The first kappa shape index (κ1) is 6.16. The minimum absolute atomic E-state index is 0.782. The molecule has 1 aliphatic rings. The molecule has 1 fully saturated rings. The second-order valence-electron chi connectivity index (χ2n) is 2.67. The van der Waals surface area contributed by atoms with Gasteiger partial charge in [0.1, 0.15) is 7.28 Å². The lowest BCUT2D eigenvalue weighted by Gasteiger charge is -1.84. The van der Waals surface area contributed by atoms with Crippen LogP contribution in [0.2, 0.25) is 6.32 Å². The van der Waals surface area contributed by atoms with Crippen molar-refractivity contribution in [3.05, 3.63) is 21.9 Å². The standard InChI is InChI=1S/C7H7BOS/c9-3-6-1-5(4-10-6)7-2-8-7/h1,3-4,7-8H,2H2. The number of hydrogen-bond acceptors (Lipinski definition) is 2. The van der Waals surface area contributed by atoms with Crippen LogP contribution in [0, 0.1) is 0 Å². The Bertz CT molecular complexity index is 252. The van der Waals surface area contributed by atoms with Crippen molar-refractivity contribution in [2.45, 2.75) is 12.1 Å². The lowest BCUT2D eigenvalue weighted by Crippen LogP contribution is -1.72. The normalized spacial score (nSPS) is 21.8. The van der Waals surface area contributed by atoms with Crippen molar-refractivity contribution in [1.29, 1.82) is 0 Å². The van der Waals surface area contributed by atoms with Gasteiger partial charge in [0.15, 0.2) is 6.29 Å². The Labute approximate surface area is 64.3 Å². The highest BCUT2D eigenvalue weighted by Gasteiger charge is 2.26. The molecule has 1 aromatic heterocycles. The fourth-order valence-corrected chi connectivity index (χ4v) is 1.85. The highest BCUT2D eigenvalue weighted by Crippen LogP contribution is 2.34. The van der Waals surface area contributed by atoms with Crippen molar-refractivity contribution in [3.63, 3.8) is 0 Å². The molecule has 0 radical (unpaired) electrons. The minimum atomic E-state index is 0.782. The van der Waals surface area contributed by atoms with E-state index in [1.807, 2.05) is 6.07 Å². The van der Waals surface area contributed by atoms with Gasteiger partial charge in [-0.2, -0.15) is 0 Å². The third-order valence-corrected chi connectivity index (χ3v) is 2.68. The molecule has 0 amide bonds. The third kappa shape index (κ3) is 1.01. The molecule has 1 atom stereocenters. The van der Waals surface area contributed by atoms with Gasteiger partial charge in [-0.1, -0.05) is 6.32 Å². The second-order valence-corrected chi connectivity index (χ2v) is 3.62. The number of carbonyl (C=O) groups excluding carboxylic acids is 1. The average molecular weight is 150 g/mol. The lowest BCUT2D eigenvalue weighted by atomic mass is 9.98. The van der Waals surface area contributed by atoms with Gasteiger partial charge in [0, 0.05) is 0 Å². The van der Waals surface area contributed by atoms with Crippen LogP contribution in [0.3, 0.4) is 0 Å². The van der Waals surface area contributed by atoms with Crippen LogP contribution in [-0.2, 0) is 0 Å². The Morgan fingerprint density at radius 3 is 3.10 bits per heavy atom. The van der Waals surface area contributed by atoms with Gasteiger partial charge in [0.25, 0.3) is 0 Å². The highest BCUT2D eigenvalue weighted by atomic mass is 32.1. The van der Waals surface area contributed by atoms with E-state index in [9.17, 15) is 4.79 Å². The Morgan fingerprint density at radius 2 is 2.60 bits per heavy atom. The molecule has 0 aromatic carbocycles. The number of aldehydes is 1. The van der Waals surface area contributed by atoms with E-state index in [2.05, 4.69) is 5.38 Å². The van der Waals surface area contributed by atoms with E-state index in [4.69, 9.17) is 0 Å². The molecular formula is C7H7BOS. The van der Waals surface area contributed by atoms with Crippen molar-refractivity contribution in [3.8, 4) is 0 Å². The molecule has 10 heavy (non-hydrogen) atoms. The van der Waals surface area contributed by atoms with Crippen molar-refractivity contribution in [2.24, 2.45) is 0 Å². The molecule has 1 aliphatic heterocycles. The lowest BCUT2D eigenvalue weighted by molar-refractivity contribution is 0.112. The zero-order valence-corrected chi connectivity index (χ0v) is 6.36. The molecule has 0 bridgehead atoms. The molecule has 2 rings (SSSR count). The van der Waals surface area contributed by atoms with Crippen LogP contribution >= 0.6 is 11.3 Å². The number of rotatable bonds is 2. The minimum Gasteiger partial charge on any atom is -0.297 e. The maximum Gasteiger partial charge on any atom is 0.160 e. The summed E-state index contributed by atoms with van der Waals surface area (Å²) in [4.78, 5) is 11.1. The van der Waals surface area contributed by atoms with Crippen LogP contribution in [0.4, 0.5) is 0 Å². The van der Waals surface area contributed by atoms with Crippen molar-refractivity contribution < 1.29 is 4.79 Å². The maximum atomic E-state index is 10.3. The third-order valence-electron chi connectivity index (χ3n) is 1.80. The van der Waals surface area contributed by atoms with E-state index in [-0.39, 0.29) is 0 Å². The summed E-state index contributed by atoms with van der Waals surface area (Å²) in [6.07, 6.45) is 2.24. The second kappa shape index (κ2) is 2.24. The molecule has 1 unspecified atom stereocenters. The quantitative estimate of drug-likeness (QED) is 0.460. The monoisotopic (exact) mass is 150 g/mol. The van der Waals surface area contributed by atoms with Crippen LogP contribution in [-0.4, -0.2) is 13.6 Å². The summed E-state index contributed by atoms with van der Waals surface area (Å²) < 4.78 is 0. The van der Waals surface area contributed by atoms with Gasteiger partial charge in [-0.15, -0.1) is 11.3 Å². The smallest absolute Gasteiger partial charge is 0.160 e. The van der Waals surface area contributed by atoms with Crippen LogP contribution in [0.1, 0.15) is 21.1 Å². The molecule has 0 spiro atoms. The van der Waals surface area contributed by atoms with Crippen molar-refractivity contribution in [2.75, 3.05) is 0 Å². The van der Waals surface area contributed by atoms with E-state index >= 15 is 0 Å². The molecule has 0 N–H and O–H groups in total. The van der Waals surface area contributed by atoms with E-state index in [0.29, 0.717) is 0 Å². The molecular weight excluding hydrogens is 143 g/mol. The van der Waals surface area contributed by atoms with Crippen LogP contribution in [0.25, 0.3) is 0 Å². The van der Waals surface area contributed by atoms with Gasteiger partial charge in [0.2, 0.25) is 0 Å². The zero-order chi connectivity index (χ0) is 6.97. The van der Waals surface area contributed by atoms with E-state index in [0.717, 1.165) is 17.0 Å². The molecule has 0 saturated carbocycles. The molecule has 50 valence electrons. The summed E-state index contributed by atoms with van der Waals surface area (Å²) in [5.41, 5.74) is 1.37. The van der Waals surface area contributed by atoms with Gasteiger partial charge >= 0.3 is 0 Å². The van der Waals surface area contributed by atoms with Gasteiger partial charge in [0.05, 0.1) is 4.88 Å². The number of thiophene rings is 1. The Hall–Kier alpha value is -0.565. The number of hydrogen-bond donors (Lipinski definition) is 0. The summed E-state index contributed by atoms with van der Waals surface area (Å²) in [5, 5.41) is 2.10. The summed E-state index contributed by atoms with van der Waals surface area (Å²) in [7, 11) is 1.31. The van der Waals surface area contributed by atoms with Crippen molar-refractivity contribution in [1.82, 2.24) is 0 Å².